The number of hydrogen-bond acceptors (Lipinski definition) is 1. The summed E-state index contributed by atoms with van der Waals surface area (Å²) < 4.78 is 14.7. The second-order valence-corrected chi connectivity index (χ2v) is 5.48. The van der Waals surface area contributed by atoms with Gasteiger partial charge in [0.2, 0.25) is 0 Å². The number of nitrogens with one attached hydrogen (secondary N) is 1. The predicted octanol–water partition coefficient (Wildman–Crippen LogP) is 3.27. The van der Waals surface area contributed by atoms with Gasteiger partial charge in [0.25, 0.3) is 0 Å². The second-order valence-electron chi connectivity index (χ2n) is 5.48. The molecule has 0 saturated carbocycles. The molecule has 1 nitrogen and oxygen atoms in total. The van der Waals surface area contributed by atoms with Crippen molar-refractivity contribution in [3.05, 3.63) is 35.4 Å². The molecule has 0 bridgehead atoms. The van der Waals surface area contributed by atoms with Crippen LogP contribution in [0.1, 0.15) is 30.9 Å². The number of benzene rings is 1. The molecule has 0 aliphatic carbocycles. The van der Waals surface area contributed by atoms with Gasteiger partial charge in [0, 0.05) is 18.9 Å². The van der Waals surface area contributed by atoms with Crippen molar-refractivity contribution in [2.75, 3.05) is 13.1 Å². The first-order valence-electron chi connectivity index (χ1n) is 6.53. The first-order valence-corrected chi connectivity index (χ1v) is 6.53. The zero-order valence-electron chi connectivity index (χ0n) is 10.8. The summed E-state index contributed by atoms with van der Waals surface area (Å²) in [7, 11) is 0. The normalized spacial score (nSPS) is 24.3. The Morgan fingerprint density at radius 1 is 1.35 bits per heavy atom. The molecule has 0 radical (unpaired) electrons. The summed E-state index contributed by atoms with van der Waals surface area (Å²) in [5, 5.41) is 3.30. The van der Waals surface area contributed by atoms with E-state index < -0.39 is 5.67 Å². The van der Waals surface area contributed by atoms with Crippen LogP contribution in [0, 0.1) is 12.8 Å². The number of hydrogen-bond donors (Lipinski definition) is 1. The van der Waals surface area contributed by atoms with Crippen LogP contribution in [0.4, 0.5) is 4.39 Å². The summed E-state index contributed by atoms with van der Waals surface area (Å²) in [6, 6.07) is 8.21. The Balaban J connectivity index is 2.02. The van der Waals surface area contributed by atoms with Crippen molar-refractivity contribution >= 4 is 0 Å². The number of halogens is 1. The van der Waals surface area contributed by atoms with Gasteiger partial charge in [-0.25, -0.2) is 4.39 Å². The molecule has 17 heavy (non-hydrogen) atoms. The maximum absolute atomic E-state index is 14.7. The molecule has 1 heterocycles. The Morgan fingerprint density at radius 2 is 2.06 bits per heavy atom. The highest BCUT2D eigenvalue weighted by molar-refractivity contribution is 5.23. The molecule has 2 heteroatoms. The molecule has 94 valence electrons. The molecule has 1 aliphatic heterocycles. The van der Waals surface area contributed by atoms with Crippen molar-refractivity contribution in [3.8, 4) is 0 Å². The van der Waals surface area contributed by atoms with Crippen LogP contribution in [0.3, 0.4) is 0 Å². The minimum absolute atomic E-state index is 0.151. The molecule has 0 amide bonds. The number of alkyl halides is 1. The molecule has 1 saturated heterocycles. The lowest BCUT2D eigenvalue weighted by Gasteiger charge is -2.34. The van der Waals surface area contributed by atoms with E-state index in [0.29, 0.717) is 6.42 Å². The van der Waals surface area contributed by atoms with Crippen molar-refractivity contribution in [3.63, 3.8) is 0 Å². The Labute approximate surface area is 103 Å². The highest BCUT2D eigenvalue weighted by atomic mass is 19.1. The maximum atomic E-state index is 14.7. The maximum Gasteiger partial charge on any atom is 0.116 e. The van der Waals surface area contributed by atoms with Crippen molar-refractivity contribution < 1.29 is 4.39 Å². The minimum Gasteiger partial charge on any atom is -0.316 e. The Kier molecular flexibility index (Phi) is 3.82. The molecule has 1 aromatic rings. The summed E-state index contributed by atoms with van der Waals surface area (Å²) in [6.45, 7) is 5.67. The highest BCUT2D eigenvalue weighted by Gasteiger charge is 2.34. The van der Waals surface area contributed by atoms with Crippen LogP contribution in [0.15, 0.2) is 24.3 Å². The SMILES string of the molecule is Cc1ccc(CC(C)(F)C2CCCNC2)cc1. The van der Waals surface area contributed by atoms with Crippen LogP contribution in [-0.2, 0) is 6.42 Å². The van der Waals surface area contributed by atoms with E-state index in [-0.39, 0.29) is 5.92 Å². The molecule has 2 atom stereocenters. The van der Waals surface area contributed by atoms with E-state index in [1.54, 1.807) is 6.92 Å². The summed E-state index contributed by atoms with van der Waals surface area (Å²) in [4.78, 5) is 0. The zero-order chi connectivity index (χ0) is 12.3. The minimum atomic E-state index is -1.09. The van der Waals surface area contributed by atoms with Crippen LogP contribution >= 0.6 is 0 Å². The number of piperidine rings is 1. The van der Waals surface area contributed by atoms with Crippen LogP contribution in [0.2, 0.25) is 0 Å². The van der Waals surface area contributed by atoms with Crippen molar-refractivity contribution in [1.82, 2.24) is 5.32 Å². The van der Waals surface area contributed by atoms with Gasteiger partial charge in [0.05, 0.1) is 0 Å². The lowest BCUT2D eigenvalue weighted by Crippen LogP contribution is -2.42. The van der Waals surface area contributed by atoms with Gasteiger partial charge < -0.3 is 5.32 Å². The average molecular weight is 235 g/mol. The Bertz CT molecular complexity index is 350. The third-order valence-corrected chi connectivity index (χ3v) is 3.82. The number of rotatable bonds is 3. The van der Waals surface area contributed by atoms with Gasteiger partial charge in [0.15, 0.2) is 0 Å². The van der Waals surface area contributed by atoms with Crippen LogP contribution in [0.25, 0.3) is 0 Å². The molecule has 2 rings (SSSR count). The smallest absolute Gasteiger partial charge is 0.116 e. The lowest BCUT2D eigenvalue weighted by molar-refractivity contribution is 0.0833. The summed E-state index contributed by atoms with van der Waals surface area (Å²) in [6.07, 6.45) is 2.63. The van der Waals surface area contributed by atoms with Gasteiger partial charge >= 0.3 is 0 Å². The number of aryl methyl sites for hydroxylation is 1. The molecule has 1 aliphatic rings. The van der Waals surface area contributed by atoms with Crippen molar-refractivity contribution in [2.45, 2.75) is 38.8 Å². The van der Waals surface area contributed by atoms with Crippen molar-refractivity contribution in [1.29, 1.82) is 0 Å². The van der Waals surface area contributed by atoms with Gasteiger partial charge in [-0.15, -0.1) is 0 Å². The first kappa shape index (κ1) is 12.6. The summed E-state index contributed by atoms with van der Waals surface area (Å²) in [5.41, 5.74) is 1.24. The van der Waals surface area contributed by atoms with E-state index >= 15 is 0 Å². The third kappa shape index (κ3) is 3.29. The molecular formula is C15H22FN. The predicted molar refractivity (Wildman–Crippen MR) is 70.0 cm³/mol. The van der Waals surface area contributed by atoms with Crippen molar-refractivity contribution in [2.24, 2.45) is 5.92 Å². The molecule has 0 spiro atoms. The summed E-state index contributed by atoms with van der Waals surface area (Å²) >= 11 is 0. The first-order chi connectivity index (χ1) is 8.08. The summed E-state index contributed by atoms with van der Waals surface area (Å²) in [5.74, 6) is 0.151. The topological polar surface area (TPSA) is 12.0 Å². The van der Waals surface area contributed by atoms with Crippen LogP contribution in [0.5, 0.6) is 0 Å². The fourth-order valence-corrected chi connectivity index (χ4v) is 2.61. The molecular weight excluding hydrogens is 213 g/mol. The zero-order valence-corrected chi connectivity index (χ0v) is 10.8. The average Bonchev–Trinajstić information content (AvgIpc) is 2.33. The molecule has 1 fully saturated rings. The van der Waals surface area contributed by atoms with E-state index in [0.717, 1.165) is 31.5 Å². The van der Waals surface area contributed by atoms with Gasteiger partial charge in [0.1, 0.15) is 5.67 Å². The fraction of sp³-hybridized carbons (Fsp3) is 0.600. The second kappa shape index (κ2) is 5.18. The molecule has 0 aromatic heterocycles. The van der Waals surface area contributed by atoms with E-state index in [9.17, 15) is 4.39 Å². The van der Waals surface area contributed by atoms with Gasteiger partial charge in [-0.3, -0.25) is 0 Å². The van der Waals surface area contributed by atoms with E-state index in [2.05, 4.69) is 24.4 Å². The Morgan fingerprint density at radius 3 is 2.65 bits per heavy atom. The monoisotopic (exact) mass is 235 g/mol. The third-order valence-electron chi connectivity index (χ3n) is 3.82. The lowest BCUT2D eigenvalue weighted by atomic mass is 9.81. The Hall–Kier alpha value is -0.890. The van der Waals surface area contributed by atoms with Gasteiger partial charge in [-0.1, -0.05) is 29.8 Å². The van der Waals surface area contributed by atoms with Crippen LogP contribution in [-0.4, -0.2) is 18.8 Å². The van der Waals surface area contributed by atoms with Gasteiger partial charge in [-0.2, -0.15) is 0 Å². The fourth-order valence-electron chi connectivity index (χ4n) is 2.61. The largest absolute Gasteiger partial charge is 0.316 e. The van der Waals surface area contributed by atoms with Crippen LogP contribution < -0.4 is 5.32 Å². The standard InChI is InChI=1S/C15H22FN/c1-12-5-7-13(8-6-12)10-15(2,16)14-4-3-9-17-11-14/h5-8,14,17H,3-4,9-11H2,1-2H3. The highest BCUT2D eigenvalue weighted by Crippen LogP contribution is 2.31. The molecule has 1 N–H and O–H groups in total. The quantitative estimate of drug-likeness (QED) is 0.848. The van der Waals surface area contributed by atoms with Gasteiger partial charge in [-0.05, 0) is 38.8 Å². The molecule has 1 aromatic carbocycles. The van der Waals surface area contributed by atoms with E-state index in [1.807, 2.05) is 12.1 Å². The van der Waals surface area contributed by atoms with E-state index in [4.69, 9.17) is 0 Å². The molecule has 2 unspecified atom stereocenters. The van der Waals surface area contributed by atoms with E-state index in [1.165, 1.54) is 5.56 Å².